The van der Waals surface area contributed by atoms with Gasteiger partial charge in [-0.15, -0.1) is 0 Å². The standard InChI is InChI=1S/C24H24N2O5S/c27-24(25-15-17-5-8-22-23(13-17)31-16-30-22)19-9-11-26(12-10-19)32(28,29)21-7-6-18-3-1-2-4-20(18)14-21/h1-8,13-14,19H,9-12,15-16H2,(H,25,27). The van der Waals surface area contributed by atoms with E-state index in [-0.39, 0.29) is 18.6 Å². The molecule has 1 fully saturated rings. The average molecular weight is 453 g/mol. The van der Waals surface area contributed by atoms with Crippen molar-refractivity contribution >= 4 is 26.7 Å². The Morgan fingerprint density at radius 3 is 2.50 bits per heavy atom. The lowest BCUT2D eigenvalue weighted by molar-refractivity contribution is -0.126. The van der Waals surface area contributed by atoms with Gasteiger partial charge in [-0.25, -0.2) is 8.42 Å². The Balaban J connectivity index is 1.19. The lowest BCUT2D eigenvalue weighted by Gasteiger charge is -2.30. The maximum atomic E-state index is 13.1. The molecule has 2 aliphatic heterocycles. The molecule has 3 aromatic rings. The molecule has 1 saturated heterocycles. The molecule has 0 aromatic heterocycles. The topological polar surface area (TPSA) is 84.9 Å². The van der Waals surface area contributed by atoms with E-state index < -0.39 is 10.0 Å². The van der Waals surface area contributed by atoms with E-state index in [1.54, 1.807) is 12.1 Å². The van der Waals surface area contributed by atoms with Gasteiger partial charge in [0.05, 0.1) is 4.90 Å². The van der Waals surface area contributed by atoms with Crippen LogP contribution in [0.1, 0.15) is 18.4 Å². The number of rotatable bonds is 5. The summed E-state index contributed by atoms with van der Waals surface area (Å²) >= 11 is 0. The van der Waals surface area contributed by atoms with Crippen molar-refractivity contribution in [3.8, 4) is 11.5 Å². The summed E-state index contributed by atoms with van der Waals surface area (Å²) in [7, 11) is -3.59. The maximum absolute atomic E-state index is 13.1. The van der Waals surface area contributed by atoms with Gasteiger partial charge in [-0.2, -0.15) is 4.31 Å². The molecule has 0 spiro atoms. The van der Waals surface area contributed by atoms with Crippen LogP contribution in [0.2, 0.25) is 0 Å². The van der Waals surface area contributed by atoms with Crippen LogP contribution in [0.15, 0.2) is 65.6 Å². The minimum atomic E-state index is -3.59. The van der Waals surface area contributed by atoms with Crippen LogP contribution in [-0.2, 0) is 21.4 Å². The number of amides is 1. The third-order valence-electron chi connectivity index (χ3n) is 6.09. The zero-order chi connectivity index (χ0) is 22.1. The Labute approximate surface area is 187 Å². The van der Waals surface area contributed by atoms with Crippen LogP contribution < -0.4 is 14.8 Å². The molecule has 8 heteroatoms. The first-order valence-corrected chi connectivity index (χ1v) is 12.1. The predicted octanol–water partition coefficient (Wildman–Crippen LogP) is 3.29. The first kappa shape index (κ1) is 20.8. The molecule has 3 aromatic carbocycles. The molecule has 32 heavy (non-hydrogen) atoms. The molecule has 2 heterocycles. The van der Waals surface area contributed by atoms with Gasteiger partial charge >= 0.3 is 0 Å². The number of benzene rings is 3. The zero-order valence-electron chi connectivity index (χ0n) is 17.5. The third kappa shape index (κ3) is 4.03. The van der Waals surface area contributed by atoms with Crippen LogP contribution in [0.4, 0.5) is 0 Å². The van der Waals surface area contributed by atoms with E-state index in [2.05, 4.69) is 5.32 Å². The van der Waals surface area contributed by atoms with Crippen molar-refractivity contribution in [1.82, 2.24) is 9.62 Å². The van der Waals surface area contributed by atoms with Crippen LogP contribution in [0.25, 0.3) is 10.8 Å². The fraction of sp³-hybridized carbons (Fsp3) is 0.292. The maximum Gasteiger partial charge on any atom is 0.243 e. The molecule has 166 valence electrons. The van der Waals surface area contributed by atoms with Crippen molar-refractivity contribution < 1.29 is 22.7 Å². The van der Waals surface area contributed by atoms with Gasteiger partial charge < -0.3 is 14.8 Å². The number of hydrogen-bond donors (Lipinski definition) is 1. The van der Waals surface area contributed by atoms with Gasteiger partial charge in [-0.1, -0.05) is 36.4 Å². The Hall–Kier alpha value is -3.10. The Morgan fingerprint density at radius 1 is 0.938 bits per heavy atom. The van der Waals surface area contributed by atoms with Crippen molar-refractivity contribution in [2.24, 2.45) is 5.92 Å². The van der Waals surface area contributed by atoms with E-state index in [0.717, 1.165) is 16.3 Å². The molecule has 0 aliphatic carbocycles. The van der Waals surface area contributed by atoms with E-state index >= 15 is 0 Å². The summed E-state index contributed by atoms with van der Waals surface area (Å²) in [5.41, 5.74) is 0.930. The number of carbonyl (C=O) groups is 1. The summed E-state index contributed by atoms with van der Waals surface area (Å²) in [5, 5.41) is 4.86. The van der Waals surface area contributed by atoms with Gasteiger partial charge in [0.1, 0.15) is 0 Å². The second-order valence-corrected chi connectivity index (χ2v) is 10.0. The molecule has 0 bridgehead atoms. The summed E-state index contributed by atoms with van der Waals surface area (Å²) in [6, 6.07) is 18.5. The lowest BCUT2D eigenvalue weighted by Crippen LogP contribution is -2.42. The Kier molecular flexibility index (Phi) is 5.48. The molecule has 0 saturated carbocycles. The lowest BCUT2D eigenvalue weighted by atomic mass is 9.97. The molecule has 0 unspecified atom stereocenters. The highest BCUT2D eigenvalue weighted by molar-refractivity contribution is 7.89. The van der Waals surface area contributed by atoms with Crippen LogP contribution in [-0.4, -0.2) is 38.5 Å². The second kappa shape index (κ2) is 8.44. The molecule has 1 N–H and O–H groups in total. The highest BCUT2D eigenvalue weighted by Crippen LogP contribution is 2.32. The highest BCUT2D eigenvalue weighted by Gasteiger charge is 2.32. The number of nitrogens with one attached hydrogen (secondary N) is 1. The van der Waals surface area contributed by atoms with Crippen LogP contribution in [0.5, 0.6) is 11.5 Å². The van der Waals surface area contributed by atoms with Gasteiger partial charge in [0.2, 0.25) is 22.7 Å². The number of ether oxygens (including phenoxy) is 2. The normalized spacial score (nSPS) is 16.9. The van der Waals surface area contributed by atoms with Gasteiger partial charge in [-0.05, 0) is 53.4 Å². The van der Waals surface area contributed by atoms with Crippen LogP contribution >= 0.6 is 0 Å². The predicted molar refractivity (Wildman–Crippen MR) is 120 cm³/mol. The van der Waals surface area contributed by atoms with E-state index in [9.17, 15) is 13.2 Å². The minimum absolute atomic E-state index is 0.0505. The van der Waals surface area contributed by atoms with Gasteiger partial charge in [0.15, 0.2) is 11.5 Å². The number of sulfonamides is 1. The first-order chi connectivity index (χ1) is 15.5. The first-order valence-electron chi connectivity index (χ1n) is 10.7. The molecule has 0 atom stereocenters. The molecule has 5 rings (SSSR count). The van der Waals surface area contributed by atoms with Gasteiger partial charge in [-0.3, -0.25) is 4.79 Å². The van der Waals surface area contributed by atoms with Crippen LogP contribution in [0, 0.1) is 5.92 Å². The molecular formula is C24H24N2O5S. The van der Waals surface area contributed by atoms with Gasteiger partial charge in [0, 0.05) is 25.6 Å². The zero-order valence-corrected chi connectivity index (χ0v) is 18.3. The highest BCUT2D eigenvalue weighted by atomic mass is 32.2. The quantitative estimate of drug-likeness (QED) is 0.642. The van der Waals surface area contributed by atoms with Crippen molar-refractivity contribution in [1.29, 1.82) is 0 Å². The number of fused-ring (bicyclic) bond motifs is 2. The summed E-state index contributed by atoms with van der Waals surface area (Å²) in [4.78, 5) is 12.9. The minimum Gasteiger partial charge on any atom is -0.454 e. The summed E-state index contributed by atoms with van der Waals surface area (Å²) in [6.45, 7) is 1.27. The number of nitrogens with zero attached hydrogens (tertiary/aromatic N) is 1. The fourth-order valence-electron chi connectivity index (χ4n) is 4.22. The molecule has 1 amide bonds. The summed E-state index contributed by atoms with van der Waals surface area (Å²) < 4.78 is 38.4. The SMILES string of the molecule is O=C(NCc1ccc2c(c1)OCO2)C1CCN(S(=O)(=O)c2ccc3ccccc3c2)CC1. The Bertz CT molecular complexity index is 1270. The van der Waals surface area contributed by atoms with Crippen LogP contribution in [0.3, 0.4) is 0 Å². The second-order valence-electron chi connectivity index (χ2n) is 8.09. The summed E-state index contributed by atoms with van der Waals surface area (Å²) in [6.07, 6.45) is 1.000. The fourth-order valence-corrected chi connectivity index (χ4v) is 5.73. The number of carbonyl (C=O) groups excluding carboxylic acids is 1. The van der Waals surface area contributed by atoms with Crippen molar-refractivity contribution in [2.75, 3.05) is 19.9 Å². The van der Waals surface area contributed by atoms with Crippen molar-refractivity contribution in [2.45, 2.75) is 24.3 Å². The van der Waals surface area contributed by atoms with E-state index in [1.807, 2.05) is 48.5 Å². The van der Waals surface area contributed by atoms with E-state index in [4.69, 9.17) is 9.47 Å². The average Bonchev–Trinajstić information content (AvgIpc) is 3.30. The smallest absolute Gasteiger partial charge is 0.243 e. The number of hydrogen-bond acceptors (Lipinski definition) is 5. The van der Waals surface area contributed by atoms with E-state index in [0.29, 0.717) is 48.9 Å². The third-order valence-corrected chi connectivity index (χ3v) is 7.98. The van der Waals surface area contributed by atoms with Crippen molar-refractivity contribution in [3.63, 3.8) is 0 Å². The van der Waals surface area contributed by atoms with E-state index in [1.165, 1.54) is 4.31 Å². The van der Waals surface area contributed by atoms with Gasteiger partial charge in [0.25, 0.3) is 0 Å². The summed E-state index contributed by atoms with van der Waals surface area (Å²) in [5.74, 6) is 1.14. The Morgan fingerprint density at radius 2 is 1.69 bits per heavy atom. The largest absolute Gasteiger partial charge is 0.454 e. The molecule has 0 radical (unpaired) electrons. The molecule has 2 aliphatic rings. The monoisotopic (exact) mass is 452 g/mol. The van der Waals surface area contributed by atoms with Crippen molar-refractivity contribution in [3.05, 3.63) is 66.2 Å². The molecular weight excluding hydrogens is 428 g/mol. The molecule has 7 nitrogen and oxygen atoms in total. The number of piperidine rings is 1.